The summed E-state index contributed by atoms with van der Waals surface area (Å²) in [6.45, 7) is 0. The van der Waals surface area contributed by atoms with Crippen LogP contribution in [0.2, 0.25) is 0 Å². The molecule has 4 heteroatoms. The first-order valence-electron chi connectivity index (χ1n) is 13.8. The Morgan fingerprint density at radius 3 is 1.50 bits per heavy atom. The molecule has 8 aromatic rings. The molecule has 0 fully saturated rings. The normalized spacial score (nSPS) is 11.3. The van der Waals surface area contributed by atoms with E-state index in [4.69, 9.17) is 0 Å². The van der Waals surface area contributed by atoms with Gasteiger partial charge in [0.15, 0.2) is 0 Å². The van der Waals surface area contributed by atoms with Gasteiger partial charge >= 0.3 is 0 Å². The summed E-state index contributed by atoms with van der Waals surface area (Å²) in [5, 5.41) is 23.5. The van der Waals surface area contributed by atoms with Gasteiger partial charge in [-0.15, -0.1) is 0 Å². The van der Waals surface area contributed by atoms with E-state index in [1.165, 1.54) is 21.8 Å². The van der Waals surface area contributed by atoms with E-state index in [0.29, 0.717) is 11.1 Å². The van der Waals surface area contributed by atoms with Crippen LogP contribution in [0.3, 0.4) is 0 Å². The van der Waals surface area contributed by atoms with Gasteiger partial charge in [-0.3, -0.25) is 0 Å². The zero-order valence-corrected chi connectivity index (χ0v) is 22.5. The molecular weight excluding hydrogens is 512 g/mol. The molecule has 0 aliphatic carbocycles. The lowest BCUT2D eigenvalue weighted by Crippen LogP contribution is -1.98. The van der Waals surface area contributed by atoms with Gasteiger partial charge < -0.3 is 9.13 Å². The van der Waals surface area contributed by atoms with E-state index in [-0.39, 0.29) is 0 Å². The molecule has 6 aromatic carbocycles. The number of nitrogens with zero attached hydrogens (tertiary/aromatic N) is 4. The van der Waals surface area contributed by atoms with E-state index < -0.39 is 0 Å². The average Bonchev–Trinajstić information content (AvgIpc) is 3.57. The van der Waals surface area contributed by atoms with Crippen LogP contribution in [-0.2, 0) is 0 Å². The van der Waals surface area contributed by atoms with Gasteiger partial charge in [0.1, 0.15) is 0 Å². The zero-order valence-electron chi connectivity index (χ0n) is 22.5. The monoisotopic (exact) mass is 534 g/mol. The maximum absolute atomic E-state index is 9.53. The molecule has 2 heterocycles. The molecular formula is C38H22N4. The van der Waals surface area contributed by atoms with Gasteiger partial charge in [-0.2, -0.15) is 10.5 Å². The minimum absolute atomic E-state index is 0.598. The van der Waals surface area contributed by atoms with Gasteiger partial charge in [-0.25, -0.2) is 0 Å². The molecule has 194 valence electrons. The van der Waals surface area contributed by atoms with Crippen molar-refractivity contribution in [2.45, 2.75) is 0 Å². The second kappa shape index (κ2) is 9.24. The van der Waals surface area contributed by atoms with E-state index in [0.717, 1.165) is 44.3 Å². The van der Waals surface area contributed by atoms with Crippen LogP contribution >= 0.6 is 0 Å². The Morgan fingerprint density at radius 1 is 0.429 bits per heavy atom. The van der Waals surface area contributed by atoms with Crippen LogP contribution in [-0.4, -0.2) is 9.13 Å². The summed E-state index contributed by atoms with van der Waals surface area (Å²) in [5.74, 6) is 0. The first-order chi connectivity index (χ1) is 20.7. The first-order valence-corrected chi connectivity index (χ1v) is 13.8. The summed E-state index contributed by atoms with van der Waals surface area (Å²) in [5.41, 5.74) is 9.97. The summed E-state index contributed by atoms with van der Waals surface area (Å²) in [6.07, 6.45) is 0. The van der Waals surface area contributed by atoms with Crippen molar-refractivity contribution >= 4 is 43.6 Å². The molecule has 0 bridgehead atoms. The van der Waals surface area contributed by atoms with Crippen molar-refractivity contribution in [3.05, 3.63) is 145 Å². The third-order valence-electron chi connectivity index (χ3n) is 8.18. The molecule has 0 radical (unpaired) electrons. The number of hydrogen-bond donors (Lipinski definition) is 0. The Labute approximate surface area is 242 Å². The average molecular weight is 535 g/mol. The highest BCUT2D eigenvalue weighted by molar-refractivity contribution is 6.11. The quantitative estimate of drug-likeness (QED) is 0.227. The molecule has 8 rings (SSSR count). The molecule has 4 nitrogen and oxygen atoms in total. The minimum atomic E-state index is 0.598. The molecule has 0 spiro atoms. The van der Waals surface area contributed by atoms with Crippen molar-refractivity contribution in [3.63, 3.8) is 0 Å². The molecule has 0 N–H and O–H groups in total. The fourth-order valence-electron chi connectivity index (χ4n) is 6.33. The van der Waals surface area contributed by atoms with Crippen molar-refractivity contribution < 1.29 is 0 Å². The van der Waals surface area contributed by atoms with E-state index >= 15 is 0 Å². The maximum Gasteiger partial charge on any atom is 0.0991 e. The number of fused-ring (bicyclic) bond motifs is 6. The van der Waals surface area contributed by atoms with Crippen LogP contribution in [0.15, 0.2) is 133 Å². The van der Waals surface area contributed by atoms with Crippen LogP contribution in [0, 0.1) is 22.7 Å². The van der Waals surface area contributed by atoms with Crippen molar-refractivity contribution in [1.29, 1.82) is 10.5 Å². The Hall–Kier alpha value is -6.10. The van der Waals surface area contributed by atoms with Crippen LogP contribution in [0.25, 0.3) is 66.1 Å². The third kappa shape index (κ3) is 3.47. The predicted octanol–water partition coefficient (Wildman–Crippen LogP) is 9.29. The third-order valence-corrected chi connectivity index (χ3v) is 8.18. The van der Waals surface area contributed by atoms with Crippen molar-refractivity contribution in [1.82, 2.24) is 9.13 Å². The Balaban J connectivity index is 1.31. The molecule has 0 saturated carbocycles. The fraction of sp³-hybridized carbons (Fsp3) is 0. The Morgan fingerprint density at radius 2 is 0.929 bits per heavy atom. The molecule has 0 unspecified atom stereocenters. The van der Waals surface area contributed by atoms with E-state index in [1.54, 1.807) is 0 Å². The molecule has 0 atom stereocenters. The second-order valence-corrected chi connectivity index (χ2v) is 10.5. The maximum atomic E-state index is 9.53. The summed E-state index contributed by atoms with van der Waals surface area (Å²) in [6, 6.07) is 50.3. The predicted molar refractivity (Wildman–Crippen MR) is 170 cm³/mol. The molecule has 0 amide bonds. The topological polar surface area (TPSA) is 57.4 Å². The highest BCUT2D eigenvalue weighted by Gasteiger charge is 2.17. The largest absolute Gasteiger partial charge is 0.309 e. The van der Waals surface area contributed by atoms with Gasteiger partial charge in [0, 0.05) is 32.8 Å². The zero-order chi connectivity index (χ0) is 28.2. The molecule has 0 aliphatic rings. The Bertz CT molecular complexity index is 2300. The fourth-order valence-corrected chi connectivity index (χ4v) is 6.33. The summed E-state index contributed by atoms with van der Waals surface area (Å²) >= 11 is 0. The molecule has 0 aliphatic heterocycles. The summed E-state index contributed by atoms with van der Waals surface area (Å²) < 4.78 is 4.57. The summed E-state index contributed by atoms with van der Waals surface area (Å²) in [4.78, 5) is 0. The SMILES string of the molecule is N#Cc1ccc2c(c1)c1cc(C#N)ccc1n2-c1ccc(-c2ccccc2-n2c3ccccc3c3ccccc32)cc1. The molecule has 0 saturated heterocycles. The first kappa shape index (κ1) is 23.8. The molecule has 2 aromatic heterocycles. The lowest BCUT2D eigenvalue weighted by Gasteiger charge is -2.15. The van der Waals surface area contributed by atoms with Gasteiger partial charge in [0.25, 0.3) is 0 Å². The van der Waals surface area contributed by atoms with Gasteiger partial charge in [0.05, 0.1) is 51.0 Å². The standard InChI is InChI=1S/C38H22N4/c39-23-25-13-19-37-32(21-25)33-22-26(24-40)14-20-38(33)41(37)28-17-15-27(16-18-28)29-7-1-4-10-34(29)42-35-11-5-2-8-30(35)31-9-3-6-12-36(31)42/h1-22H. The van der Waals surface area contributed by atoms with Crippen molar-refractivity contribution in [3.8, 4) is 34.6 Å². The van der Waals surface area contributed by atoms with Crippen molar-refractivity contribution in [2.24, 2.45) is 0 Å². The second-order valence-electron chi connectivity index (χ2n) is 10.5. The number of benzene rings is 6. The van der Waals surface area contributed by atoms with E-state index in [9.17, 15) is 10.5 Å². The highest BCUT2D eigenvalue weighted by atomic mass is 15.0. The number of hydrogen-bond acceptors (Lipinski definition) is 2. The number of para-hydroxylation sites is 3. The van der Waals surface area contributed by atoms with Crippen LogP contribution in [0.5, 0.6) is 0 Å². The minimum Gasteiger partial charge on any atom is -0.309 e. The number of aromatic nitrogens is 2. The number of rotatable bonds is 3. The Kier molecular flexibility index (Phi) is 5.22. The molecule has 42 heavy (non-hydrogen) atoms. The van der Waals surface area contributed by atoms with Crippen LogP contribution in [0.4, 0.5) is 0 Å². The van der Waals surface area contributed by atoms with Gasteiger partial charge in [-0.1, -0.05) is 66.7 Å². The summed E-state index contributed by atoms with van der Waals surface area (Å²) in [7, 11) is 0. The lowest BCUT2D eigenvalue weighted by atomic mass is 10.0. The van der Waals surface area contributed by atoms with Gasteiger partial charge in [0.2, 0.25) is 0 Å². The smallest absolute Gasteiger partial charge is 0.0991 e. The van der Waals surface area contributed by atoms with Crippen molar-refractivity contribution in [2.75, 3.05) is 0 Å². The highest BCUT2D eigenvalue weighted by Crippen LogP contribution is 2.37. The van der Waals surface area contributed by atoms with Crippen LogP contribution < -0.4 is 0 Å². The van der Waals surface area contributed by atoms with E-state index in [2.05, 4.69) is 118 Å². The number of nitriles is 2. The lowest BCUT2D eigenvalue weighted by molar-refractivity contribution is 1.17. The van der Waals surface area contributed by atoms with Gasteiger partial charge in [-0.05, 0) is 72.3 Å². The van der Waals surface area contributed by atoms with Crippen LogP contribution in [0.1, 0.15) is 11.1 Å². The van der Waals surface area contributed by atoms with E-state index in [1.807, 2.05) is 36.4 Å².